The van der Waals surface area contributed by atoms with Gasteiger partial charge in [-0.25, -0.2) is 4.68 Å². The number of aryl methyl sites for hydroxylation is 2. The van der Waals surface area contributed by atoms with Gasteiger partial charge in [-0.15, -0.1) is 0 Å². The van der Waals surface area contributed by atoms with E-state index in [2.05, 4.69) is 10.1 Å². The number of nitrogens with two attached hydrogens (primary N) is 1. The Hall–Kier alpha value is -1.59. The van der Waals surface area contributed by atoms with Crippen LogP contribution in [0.3, 0.4) is 0 Å². The Kier molecular flexibility index (Phi) is 3.84. The summed E-state index contributed by atoms with van der Waals surface area (Å²) >= 11 is 5.87. The quantitative estimate of drug-likeness (QED) is 0.920. The second-order valence-corrected chi connectivity index (χ2v) is 4.41. The highest BCUT2D eigenvalue weighted by atomic mass is 35.5. The molecule has 0 aliphatic carbocycles. The lowest BCUT2D eigenvalue weighted by Crippen LogP contribution is -2.05. The van der Waals surface area contributed by atoms with Crippen molar-refractivity contribution in [2.45, 2.75) is 13.3 Å². The number of nitrogens with zero attached hydrogens (tertiary/aromatic N) is 3. The maximum atomic E-state index is 5.87. The third-order valence-corrected chi connectivity index (χ3v) is 2.78. The molecule has 6 heteroatoms. The van der Waals surface area contributed by atoms with Crippen LogP contribution in [0.5, 0.6) is 11.6 Å². The Morgan fingerprint density at radius 2 is 2.22 bits per heavy atom. The first-order valence-corrected chi connectivity index (χ1v) is 6.00. The minimum absolute atomic E-state index is 0.534. The van der Waals surface area contributed by atoms with Gasteiger partial charge < -0.3 is 10.5 Å². The first-order valence-electron chi connectivity index (χ1n) is 5.62. The number of hydrogen-bond donors (Lipinski definition) is 1. The van der Waals surface area contributed by atoms with E-state index in [0.29, 0.717) is 23.2 Å². The first-order chi connectivity index (χ1) is 8.61. The van der Waals surface area contributed by atoms with Gasteiger partial charge in [-0.05, 0) is 19.9 Å². The molecule has 2 aromatic heterocycles. The van der Waals surface area contributed by atoms with Gasteiger partial charge in [-0.3, -0.25) is 4.98 Å². The second kappa shape index (κ2) is 5.37. The van der Waals surface area contributed by atoms with Crippen molar-refractivity contribution in [3.05, 3.63) is 34.7 Å². The molecule has 5 nitrogen and oxygen atoms in total. The van der Waals surface area contributed by atoms with Gasteiger partial charge >= 0.3 is 0 Å². The Morgan fingerprint density at radius 1 is 1.44 bits per heavy atom. The molecule has 2 N–H and O–H groups in total. The summed E-state index contributed by atoms with van der Waals surface area (Å²) in [5, 5.41) is 4.86. The lowest BCUT2D eigenvalue weighted by molar-refractivity contribution is 0.424. The van der Waals surface area contributed by atoms with E-state index in [-0.39, 0.29) is 0 Å². The molecule has 0 spiro atoms. The molecule has 0 aromatic carbocycles. The van der Waals surface area contributed by atoms with Crippen molar-refractivity contribution in [2.24, 2.45) is 12.8 Å². The molecule has 18 heavy (non-hydrogen) atoms. The van der Waals surface area contributed by atoms with Crippen LogP contribution >= 0.6 is 11.6 Å². The molecule has 2 aromatic rings. The molecule has 0 amide bonds. The van der Waals surface area contributed by atoms with Crippen molar-refractivity contribution < 1.29 is 4.74 Å². The maximum Gasteiger partial charge on any atom is 0.221 e. The van der Waals surface area contributed by atoms with E-state index in [4.69, 9.17) is 22.1 Å². The summed E-state index contributed by atoms with van der Waals surface area (Å²) < 4.78 is 7.49. The van der Waals surface area contributed by atoms with Crippen LogP contribution < -0.4 is 10.5 Å². The smallest absolute Gasteiger partial charge is 0.221 e. The Labute approximate surface area is 111 Å². The third-order valence-electron chi connectivity index (χ3n) is 2.58. The van der Waals surface area contributed by atoms with Gasteiger partial charge in [0.25, 0.3) is 0 Å². The molecule has 96 valence electrons. The predicted molar refractivity (Wildman–Crippen MR) is 70.0 cm³/mol. The van der Waals surface area contributed by atoms with E-state index in [1.807, 2.05) is 14.0 Å². The number of hydrogen-bond acceptors (Lipinski definition) is 4. The zero-order valence-electron chi connectivity index (χ0n) is 10.4. The van der Waals surface area contributed by atoms with Crippen molar-refractivity contribution >= 4 is 11.6 Å². The molecule has 0 saturated heterocycles. The molecule has 2 rings (SSSR count). The van der Waals surface area contributed by atoms with E-state index in [9.17, 15) is 0 Å². The van der Waals surface area contributed by atoms with Gasteiger partial charge in [0.05, 0.1) is 16.9 Å². The van der Waals surface area contributed by atoms with Crippen LogP contribution in [0, 0.1) is 6.92 Å². The molecule has 0 bridgehead atoms. The summed E-state index contributed by atoms with van der Waals surface area (Å²) in [6.45, 7) is 2.49. The van der Waals surface area contributed by atoms with Gasteiger partial charge in [-0.1, -0.05) is 11.6 Å². The van der Waals surface area contributed by atoms with Crippen molar-refractivity contribution in [3.8, 4) is 11.6 Å². The summed E-state index contributed by atoms with van der Waals surface area (Å²) in [5.41, 5.74) is 7.54. The summed E-state index contributed by atoms with van der Waals surface area (Å²) in [6, 6.07) is 1.71. The van der Waals surface area contributed by atoms with Gasteiger partial charge in [0.2, 0.25) is 5.88 Å². The van der Waals surface area contributed by atoms with Crippen LogP contribution in [0.25, 0.3) is 0 Å². The SMILES string of the molecule is Cc1nn(C)c(Oc2cncc(Cl)c2)c1CCN. The fourth-order valence-electron chi connectivity index (χ4n) is 1.80. The molecule has 0 fully saturated rings. The summed E-state index contributed by atoms with van der Waals surface area (Å²) in [7, 11) is 1.83. The average Bonchev–Trinajstić information content (AvgIpc) is 2.57. The van der Waals surface area contributed by atoms with Crippen LogP contribution in [0.2, 0.25) is 5.02 Å². The highest BCUT2D eigenvalue weighted by Gasteiger charge is 2.14. The topological polar surface area (TPSA) is 66.0 Å². The standard InChI is InChI=1S/C12H15ClN4O/c1-8-11(3-4-14)12(17(2)16-8)18-10-5-9(13)6-15-7-10/h5-7H,3-4,14H2,1-2H3. The Morgan fingerprint density at radius 3 is 2.89 bits per heavy atom. The fraction of sp³-hybridized carbons (Fsp3) is 0.333. The van der Waals surface area contributed by atoms with Crippen LogP contribution in [0.15, 0.2) is 18.5 Å². The number of aromatic nitrogens is 3. The minimum Gasteiger partial charge on any atom is -0.437 e. The summed E-state index contributed by atoms with van der Waals surface area (Å²) in [5.74, 6) is 1.27. The first kappa shape index (κ1) is 12.9. The molecule has 2 heterocycles. The molecule has 0 aliphatic rings. The average molecular weight is 267 g/mol. The number of ether oxygens (including phenoxy) is 1. The molecule has 0 atom stereocenters. The van der Waals surface area contributed by atoms with Crippen LogP contribution in [0.1, 0.15) is 11.3 Å². The maximum absolute atomic E-state index is 5.87. The molecule has 0 unspecified atom stereocenters. The fourth-order valence-corrected chi connectivity index (χ4v) is 1.96. The van der Waals surface area contributed by atoms with E-state index >= 15 is 0 Å². The monoisotopic (exact) mass is 266 g/mol. The highest BCUT2D eigenvalue weighted by molar-refractivity contribution is 6.30. The van der Waals surface area contributed by atoms with Crippen molar-refractivity contribution in [2.75, 3.05) is 6.54 Å². The van der Waals surface area contributed by atoms with Crippen molar-refractivity contribution in [1.29, 1.82) is 0 Å². The lowest BCUT2D eigenvalue weighted by atomic mass is 10.2. The second-order valence-electron chi connectivity index (χ2n) is 3.97. The molecule has 0 aliphatic heterocycles. The van der Waals surface area contributed by atoms with E-state index in [1.54, 1.807) is 23.1 Å². The summed E-state index contributed by atoms with van der Waals surface area (Å²) in [4.78, 5) is 3.98. The zero-order chi connectivity index (χ0) is 13.1. The van der Waals surface area contributed by atoms with Crippen LogP contribution in [-0.2, 0) is 13.5 Å². The number of rotatable bonds is 4. The van der Waals surface area contributed by atoms with Crippen LogP contribution in [0.4, 0.5) is 0 Å². The van der Waals surface area contributed by atoms with Gasteiger partial charge in [0, 0.05) is 24.9 Å². The van der Waals surface area contributed by atoms with Gasteiger partial charge in [-0.2, -0.15) is 5.10 Å². The van der Waals surface area contributed by atoms with Crippen LogP contribution in [-0.4, -0.2) is 21.3 Å². The minimum atomic E-state index is 0.534. The Balaban J connectivity index is 2.33. The molecule has 0 saturated carbocycles. The number of pyridine rings is 1. The zero-order valence-corrected chi connectivity index (χ0v) is 11.1. The predicted octanol–water partition coefficient (Wildman–Crippen LogP) is 2.07. The lowest BCUT2D eigenvalue weighted by Gasteiger charge is -2.08. The molecule has 0 radical (unpaired) electrons. The third kappa shape index (κ3) is 2.63. The summed E-state index contributed by atoms with van der Waals surface area (Å²) in [6.07, 6.45) is 3.90. The normalized spacial score (nSPS) is 10.7. The van der Waals surface area contributed by atoms with Crippen molar-refractivity contribution in [3.63, 3.8) is 0 Å². The van der Waals surface area contributed by atoms with Gasteiger partial charge in [0.1, 0.15) is 5.75 Å². The molecular weight excluding hydrogens is 252 g/mol. The highest BCUT2D eigenvalue weighted by Crippen LogP contribution is 2.28. The van der Waals surface area contributed by atoms with E-state index < -0.39 is 0 Å². The van der Waals surface area contributed by atoms with Gasteiger partial charge in [0.15, 0.2) is 0 Å². The van der Waals surface area contributed by atoms with E-state index in [0.717, 1.165) is 17.7 Å². The largest absolute Gasteiger partial charge is 0.437 e. The molecular formula is C12H15ClN4O. The number of halogens is 1. The van der Waals surface area contributed by atoms with Crippen molar-refractivity contribution in [1.82, 2.24) is 14.8 Å². The van der Waals surface area contributed by atoms with E-state index in [1.165, 1.54) is 0 Å². The Bertz CT molecular complexity index is 553.